The Morgan fingerprint density at radius 1 is 0.895 bits per heavy atom. The number of rotatable bonds is 3. The molecule has 1 aliphatic rings. The predicted octanol–water partition coefficient (Wildman–Crippen LogP) is 2.89. The zero-order valence-electron chi connectivity index (χ0n) is 10.1. The molecular weight excluding hydrogens is 260 g/mol. The van der Waals surface area contributed by atoms with E-state index < -0.39 is 9.84 Å². The van der Waals surface area contributed by atoms with E-state index in [0.29, 0.717) is 15.6 Å². The van der Waals surface area contributed by atoms with Gasteiger partial charge < -0.3 is 4.74 Å². The number of sulfone groups is 1. The van der Waals surface area contributed by atoms with E-state index in [2.05, 4.69) is 0 Å². The number of hydrogen-bond donors (Lipinski definition) is 0. The van der Waals surface area contributed by atoms with E-state index in [1.54, 1.807) is 36.4 Å². The summed E-state index contributed by atoms with van der Waals surface area (Å²) in [4.78, 5) is 0.666. The van der Waals surface area contributed by atoms with Crippen molar-refractivity contribution < 1.29 is 13.2 Å². The van der Waals surface area contributed by atoms with Gasteiger partial charge >= 0.3 is 0 Å². The van der Waals surface area contributed by atoms with Crippen LogP contribution in [0.2, 0.25) is 0 Å². The molecule has 0 aromatic heterocycles. The highest BCUT2D eigenvalue weighted by molar-refractivity contribution is 7.95. The molecule has 0 amide bonds. The maximum absolute atomic E-state index is 12.3. The van der Waals surface area contributed by atoms with Crippen molar-refractivity contribution in [2.45, 2.75) is 4.90 Å². The first-order valence-corrected chi connectivity index (χ1v) is 7.39. The van der Waals surface area contributed by atoms with Crippen molar-refractivity contribution in [2.24, 2.45) is 0 Å². The Kier molecular flexibility index (Phi) is 2.87. The molecule has 0 radical (unpaired) electrons. The first-order chi connectivity index (χ1) is 9.18. The molecule has 0 unspecified atom stereocenters. The summed E-state index contributed by atoms with van der Waals surface area (Å²) in [5.41, 5.74) is 0.731. The van der Waals surface area contributed by atoms with Gasteiger partial charge in [-0.1, -0.05) is 36.4 Å². The lowest BCUT2D eigenvalue weighted by Crippen LogP contribution is -2.08. The molecule has 0 atom stereocenters. The van der Waals surface area contributed by atoms with Crippen molar-refractivity contribution in [2.75, 3.05) is 6.61 Å². The van der Waals surface area contributed by atoms with Crippen LogP contribution in [0.5, 0.6) is 5.75 Å². The Balaban J connectivity index is 1.85. The molecular formula is C15H12O3S. The van der Waals surface area contributed by atoms with Gasteiger partial charge in [0.25, 0.3) is 0 Å². The molecule has 0 bridgehead atoms. The summed E-state index contributed by atoms with van der Waals surface area (Å²) in [7, 11) is -3.38. The molecule has 1 aliphatic heterocycles. The summed E-state index contributed by atoms with van der Waals surface area (Å²) in [6.07, 6.45) is 1.67. The third-order valence-electron chi connectivity index (χ3n) is 2.99. The summed E-state index contributed by atoms with van der Waals surface area (Å²) in [5.74, 6) is 0.662. The van der Waals surface area contributed by atoms with E-state index in [4.69, 9.17) is 4.74 Å². The van der Waals surface area contributed by atoms with Crippen molar-refractivity contribution >= 4 is 15.9 Å². The van der Waals surface area contributed by atoms with E-state index in [1.165, 1.54) is 0 Å². The fourth-order valence-corrected chi connectivity index (χ4v) is 3.50. The van der Waals surface area contributed by atoms with Gasteiger partial charge in [0, 0.05) is 0 Å². The molecule has 0 aliphatic carbocycles. The van der Waals surface area contributed by atoms with Gasteiger partial charge in [-0.25, -0.2) is 8.42 Å². The van der Waals surface area contributed by atoms with Crippen molar-refractivity contribution in [3.63, 3.8) is 0 Å². The van der Waals surface area contributed by atoms with Gasteiger partial charge in [-0.3, -0.25) is 0 Å². The Hall–Kier alpha value is -2.07. The Bertz CT molecular complexity index is 731. The van der Waals surface area contributed by atoms with Gasteiger partial charge in [-0.05, 0) is 29.8 Å². The van der Waals surface area contributed by atoms with Crippen LogP contribution in [0.1, 0.15) is 5.56 Å². The summed E-state index contributed by atoms with van der Waals surface area (Å²) in [6, 6.07) is 16.2. The Labute approximate surface area is 112 Å². The predicted molar refractivity (Wildman–Crippen MR) is 73.5 cm³/mol. The van der Waals surface area contributed by atoms with Crippen molar-refractivity contribution in [3.05, 3.63) is 65.1 Å². The maximum Gasteiger partial charge on any atom is 0.206 e. The Morgan fingerprint density at radius 2 is 1.58 bits per heavy atom. The molecule has 1 heterocycles. The smallest absolute Gasteiger partial charge is 0.206 e. The third-order valence-corrected chi connectivity index (χ3v) is 4.87. The van der Waals surface area contributed by atoms with Crippen LogP contribution in [0.4, 0.5) is 0 Å². The van der Waals surface area contributed by atoms with Crippen LogP contribution in [0.15, 0.2) is 64.4 Å². The fraction of sp³-hybridized carbons (Fsp3) is 0.0667. The highest BCUT2D eigenvalue weighted by atomic mass is 32.2. The minimum atomic E-state index is -3.38. The van der Waals surface area contributed by atoms with E-state index in [-0.39, 0.29) is 6.61 Å². The maximum atomic E-state index is 12.3. The minimum Gasteiger partial charge on any atom is -0.488 e. The zero-order valence-corrected chi connectivity index (χ0v) is 10.9. The molecule has 4 heteroatoms. The first-order valence-electron chi connectivity index (χ1n) is 5.90. The molecule has 0 saturated carbocycles. The minimum absolute atomic E-state index is 0.0566. The standard InChI is InChI=1S/C15H12O3S/c16-19(17)14(10-12-6-4-5-9-15(12)19)11-18-13-7-2-1-3-8-13/h1-10H,11H2. The lowest BCUT2D eigenvalue weighted by Gasteiger charge is -2.06. The lowest BCUT2D eigenvalue weighted by molar-refractivity contribution is 0.359. The topological polar surface area (TPSA) is 43.4 Å². The quantitative estimate of drug-likeness (QED) is 0.863. The summed E-state index contributed by atoms with van der Waals surface area (Å²) in [6.45, 7) is 0.0566. The lowest BCUT2D eigenvalue weighted by atomic mass is 10.2. The van der Waals surface area contributed by atoms with Gasteiger partial charge in [0.15, 0.2) is 0 Å². The van der Waals surface area contributed by atoms with Crippen molar-refractivity contribution in [1.29, 1.82) is 0 Å². The fourth-order valence-electron chi connectivity index (χ4n) is 2.03. The van der Waals surface area contributed by atoms with Crippen LogP contribution in [0.3, 0.4) is 0 Å². The normalized spacial score (nSPS) is 15.7. The number of ether oxygens (including phenoxy) is 1. The monoisotopic (exact) mass is 272 g/mol. The molecule has 3 rings (SSSR count). The number of hydrogen-bond acceptors (Lipinski definition) is 3. The van der Waals surface area contributed by atoms with Crippen molar-refractivity contribution in [1.82, 2.24) is 0 Å². The zero-order chi connectivity index (χ0) is 13.3. The average molecular weight is 272 g/mol. The van der Waals surface area contributed by atoms with Gasteiger partial charge in [0.1, 0.15) is 12.4 Å². The van der Waals surface area contributed by atoms with E-state index in [0.717, 1.165) is 5.56 Å². The SMILES string of the molecule is O=S1(=O)C(COc2ccccc2)=Cc2ccccc21. The van der Waals surface area contributed by atoms with Crippen LogP contribution in [0.25, 0.3) is 6.08 Å². The number of fused-ring (bicyclic) bond motifs is 1. The molecule has 0 N–H and O–H groups in total. The van der Waals surface area contributed by atoms with Crippen LogP contribution in [-0.2, 0) is 9.84 Å². The average Bonchev–Trinajstić information content (AvgIpc) is 2.70. The largest absolute Gasteiger partial charge is 0.488 e. The van der Waals surface area contributed by atoms with Gasteiger partial charge in [-0.15, -0.1) is 0 Å². The van der Waals surface area contributed by atoms with E-state index in [1.807, 2.05) is 24.3 Å². The van der Waals surface area contributed by atoms with Crippen LogP contribution < -0.4 is 4.74 Å². The van der Waals surface area contributed by atoms with Gasteiger partial charge in [0.2, 0.25) is 9.84 Å². The van der Waals surface area contributed by atoms with Crippen LogP contribution in [0, 0.1) is 0 Å². The Morgan fingerprint density at radius 3 is 2.32 bits per heavy atom. The van der Waals surface area contributed by atoms with Crippen LogP contribution >= 0.6 is 0 Å². The number of benzene rings is 2. The van der Waals surface area contributed by atoms with E-state index in [9.17, 15) is 8.42 Å². The molecule has 0 saturated heterocycles. The summed E-state index contributed by atoms with van der Waals surface area (Å²) >= 11 is 0. The molecule has 2 aromatic rings. The molecule has 19 heavy (non-hydrogen) atoms. The summed E-state index contributed by atoms with van der Waals surface area (Å²) in [5, 5.41) is 0. The second-order valence-corrected chi connectivity index (χ2v) is 6.22. The third kappa shape index (κ3) is 2.15. The molecule has 96 valence electrons. The van der Waals surface area contributed by atoms with Gasteiger partial charge in [-0.2, -0.15) is 0 Å². The second kappa shape index (κ2) is 4.55. The van der Waals surface area contributed by atoms with Crippen LogP contribution in [-0.4, -0.2) is 15.0 Å². The molecule has 2 aromatic carbocycles. The van der Waals surface area contributed by atoms with Crippen molar-refractivity contribution in [3.8, 4) is 5.75 Å². The molecule has 0 spiro atoms. The summed E-state index contributed by atoms with van der Waals surface area (Å²) < 4.78 is 30.0. The number of para-hydroxylation sites is 1. The molecule has 0 fully saturated rings. The first kappa shape index (κ1) is 12.0. The molecule has 3 nitrogen and oxygen atoms in total. The highest BCUT2D eigenvalue weighted by Gasteiger charge is 2.29. The van der Waals surface area contributed by atoms with Gasteiger partial charge in [0.05, 0.1) is 9.80 Å². The van der Waals surface area contributed by atoms with E-state index >= 15 is 0 Å². The second-order valence-electron chi connectivity index (χ2n) is 4.25. The highest BCUT2D eigenvalue weighted by Crippen LogP contribution is 2.32.